The first kappa shape index (κ1) is 15.5. The number of benzene rings is 2. The van der Waals surface area contributed by atoms with Crippen molar-refractivity contribution in [1.82, 2.24) is 0 Å². The first-order chi connectivity index (χ1) is 10.0. The van der Waals surface area contributed by atoms with Crippen molar-refractivity contribution in [2.75, 3.05) is 13.2 Å². The molecular formula is C15H12BrFO4. The molecule has 110 valence electrons. The van der Waals surface area contributed by atoms with Crippen molar-refractivity contribution in [2.45, 2.75) is 0 Å². The van der Waals surface area contributed by atoms with E-state index >= 15 is 0 Å². The summed E-state index contributed by atoms with van der Waals surface area (Å²) in [6.45, 7) is -0.184. The van der Waals surface area contributed by atoms with Crippen LogP contribution in [0.1, 0.15) is 10.4 Å². The number of aliphatic hydroxyl groups is 1. The van der Waals surface area contributed by atoms with E-state index in [0.29, 0.717) is 15.8 Å². The minimum absolute atomic E-state index is 0.0106. The molecule has 0 heterocycles. The summed E-state index contributed by atoms with van der Waals surface area (Å²) < 4.78 is 19.8. The largest absolute Gasteiger partial charge is 0.489 e. The Bertz CT molecular complexity index is 673. The first-order valence-corrected chi connectivity index (χ1v) is 6.89. The van der Waals surface area contributed by atoms with Gasteiger partial charge in [0.25, 0.3) is 0 Å². The maximum Gasteiger partial charge on any atom is 0.335 e. The average Bonchev–Trinajstić information content (AvgIpc) is 2.46. The summed E-state index contributed by atoms with van der Waals surface area (Å²) in [6.07, 6.45) is 0. The molecule has 0 amide bonds. The van der Waals surface area contributed by atoms with E-state index in [4.69, 9.17) is 14.9 Å². The van der Waals surface area contributed by atoms with E-state index in [1.54, 1.807) is 12.1 Å². The molecular weight excluding hydrogens is 343 g/mol. The summed E-state index contributed by atoms with van der Waals surface area (Å²) in [4.78, 5) is 11.2. The Morgan fingerprint density at radius 1 is 1.24 bits per heavy atom. The van der Waals surface area contributed by atoms with Crippen molar-refractivity contribution in [3.8, 4) is 16.9 Å². The third-order valence-electron chi connectivity index (χ3n) is 2.79. The third-order valence-corrected chi connectivity index (χ3v) is 3.38. The minimum atomic E-state index is -1.12. The molecule has 0 aliphatic rings. The summed E-state index contributed by atoms with van der Waals surface area (Å²) in [6, 6.07) is 8.73. The average molecular weight is 355 g/mol. The molecule has 0 atom stereocenters. The monoisotopic (exact) mass is 354 g/mol. The van der Waals surface area contributed by atoms with Gasteiger partial charge in [-0.1, -0.05) is 18.2 Å². The smallest absolute Gasteiger partial charge is 0.335 e. The number of halogens is 2. The Morgan fingerprint density at radius 2 is 1.95 bits per heavy atom. The van der Waals surface area contributed by atoms with Crippen LogP contribution in [-0.2, 0) is 0 Å². The number of aliphatic hydroxyl groups excluding tert-OH is 1. The van der Waals surface area contributed by atoms with Crippen LogP contribution in [0, 0.1) is 5.82 Å². The number of carbonyl (C=O) groups is 1. The van der Waals surface area contributed by atoms with Crippen molar-refractivity contribution in [2.24, 2.45) is 0 Å². The summed E-state index contributed by atoms with van der Waals surface area (Å²) in [5.41, 5.74) is 0.555. The molecule has 0 aromatic heterocycles. The number of aromatic carboxylic acids is 1. The fraction of sp³-hybridized carbons (Fsp3) is 0.133. The van der Waals surface area contributed by atoms with Crippen LogP contribution >= 0.6 is 15.9 Å². The lowest BCUT2D eigenvalue weighted by Gasteiger charge is -2.14. The van der Waals surface area contributed by atoms with Crippen molar-refractivity contribution < 1.29 is 24.1 Å². The second-order valence-electron chi connectivity index (χ2n) is 4.19. The Labute approximate surface area is 128 Å². The van der Waals surface area contributed by atoms with E-state index in [1.807, 2.05) is 0 Å². The molecule has 2 aromatic carbocycles. The maximum absolute atomic E-state index is 14.0. The SMILES string of the molecule is O=C(O)c1cc(Br)c(OCCO)c(-c2ccccc2F)c1. The van der Waals surface area contributed by atoms with Gasteiger partial charge in [-0.05, 0) is 34.1 Å². The molecule has 4 nitrogen and oxygen atoms in total. The van der Waals surface area contributed by atoms with E-state index in [9.17, 15) is 9.18 Å². The minimum Gasteiger partial charge on any atom is -0.489 e. The van der Waals surface area contributed by atoms with Crippen LogP contribution in [0.15, 0.2) is 40.9 Å². The molecule has 0 fully saturated rings. The molecule has 0 spiro atoms. The highest BCUT2D eigenvalue weighted by Gasteiger charge is 2.17. The van der Waals surface area contributed by atoms with E-state index < -0.39 is 11.8 Å². The molecule has 0 saturated carbocycles. The van der Waals surface area contributed by atoms with Gasteiger partial charge in [0.05, 0.1) is 16.6 Å². The number of carboxylic acid groups (broad SMARTS) is 1. The Kier molecular flexibility index (Phi) is 4.93. The van der Waals surface area contributed by atoms with Gasteiger partial charge in [-0.2, -0.15) is 0 Å². The fourth-order valence-corrected chi connectivity index (χ4v) is 2.47. The molecule has 0 radical (unpaired) electrons. The Morgan fingerprint density at radius 3 is 2.57 bits per heavy atom. The van der Waals surface area contributed by atoms with Gasteiger partial charge in [-0.15, -0.1) is 0 Å². The second-order valence-corrected chi connectivity index (χ2v) is 5.05. The molecule has 0 saturated heterocycles. The highest BCUT2D eigenvalue weighted by Crippen LogP contribution is 2.38. The van der Waals surface area contributed by atoms with Crippen LogP contribution in [0.3, 0.4) is 0 Å². The number of carboxylic acids is 1. The lowest BCUT2D eigenvalue weighted by atomic mass is 10.0. The number of hydrogen-bond acceptors (Lipinski definition) is 3. The van der Waals surface area contributed by atoms with Gasteiger partial charge in [-0.3, -0.25) is 0 Å². The molecule has 6 heteroatoms. The fourth-order valence-electron chi connectivity index (χ4n) is 1.89. The zero-order valence-corrected chi connectivity index (χ0v) is 12.4. The molecule has 2 rings (SSSR count). The predicted octanol–water partition coefficient (Wildman–Crippen LogP) is 3.32. The molecule has 0 aliphatic heterocycles. The van der Waals surface area contributed by atoms with Crippen molar-refractivity contribution >= 4 is 21.9 Å². The zero-order chi connectivity index (χ0) is 15.4. The number of rotatable bonds is 5. The second kappa shape index (κ2) is 6.69. The standard InChI is InChI=1S/C15H12BrFO4/c16-12-8-9(15(19)20)7-11(14(12)21-6-5-18)10-3-1-2-4-13(10)17/h1-4,7-8,18H,5-6H2,(H,19,20). The van der Waals surface area contributed by atoms with Crippen molar-refractivity contribution in [3.05, 3.63) is 52.3 Å². The van der Waals surface area contributed by atoms with E-state index in [1.165, 1.54) is 24.3 Å². The highest BCUT2D eigenvalue weighted by molar-refractivity contribution is 9.10. The molecule has 0 aliphatic carbocycles. The lowest BCUT2D eigenvalue weighted by Crippen LogP contribution is -2.05. The molecule has 0 bridgehead atoms. The molecule has 21 heavy (non-hydrogen) atoms. The lowest BCUT2D eigenvalue weighted by molar-refractivity contribution is 0.0696. The number of ether oxygens (including phenoxy) is 1. The zero-order valence-electron chi connectivity index (χ0n) is 10.8. The molecule has 2 N–H and O–H groups in total. The van der Waals surface area contributed by atoms with Gasteiger partial charge in [0.1, 0.15) is 18.2 Å². The van der Waals surface area contributed by atoms with Crippen molar-refractivity contribution in [3.63, 3.8) is 0 Å². The number of hydrogen-bond donors (Lipinski definition) is 2. The van der Waals surface area contributed by atoms with Crippen LogP contribution in [0.25, 0.3) is 11.1 Å². The summed E-state index contributed by atoms with van der Waals surface area (Å²) in [5, 5.41) is 18.0. The first-order valence-electron chi connectivity index (χ1n) is 6.10. The molecule has 2 aromatic rings. The van der Waals surface area contributed by atoms with Crippen LogP contribution in [0.2, 0.25) is 0 Å². The van der Waals surface area contributed by atoms with Gasteiger partial charge in [0.15, 0.2) is 0 Å². The van der Waals surface area contributed by atoms with Gasteiger partial charge in [-0.25, -0.2) is 9.18 Å². The Hall–Kier alpha value is -1.92. The third kappa shape index (κ3) is 3.40. The van der Waals surface area contributed by atoms with E-state index in [-0.39, 0.29) is 24.3 Å². The van der Waals surface area contributed by atoms with E-state index in [0.717, 1.165) is 0 Å². The summed E-state index contributed by atoms with van der Waals surface area (Å²) in [7, 11) is 0. The van der Waals surface area contributed by atoms with Gasteiger partial charge >= 0.3 is 5.97 Å². The van der Waals surface area contributed by atoms with Gasteiger partial charge in [0, 0.05) is 11.1 Å². The predicted molar refractivity (Wildman–Crippen MR) is 79.1 cm³/mol. The van der Waals surface area contributed by atoms with Crippen LogP contribution < -0.4 is 4.74 Å². The summed E-state index contributed by atoms with van der Waals surface area (Å²) >= 11 is 3.23. The Balaban J connectivity index is 2.65. The maximum atomic E-state index is 14.0. The topological polar surface area (TPSA) is 66.8 Å². The van der Waals surface area contributed by atoms with Crippen molar-refractivity contribution in [1.29, 1.82) is 0 Å². The quantitative estimate of drug-likeness (QED) is 0.864. The van der Waals surface area contributed by atoms with Gasteiger partial charge in [0.2, 0.25) is 0 Å². The summed E-state index contributed by atoms with van der Waals surface area (Å²) in [5.74, 6) is -1.32. The normalized spacial score (nSPS) is 10.4. The van der Waals surface area contributed by atoms with Crippen LogP contribution in [-0.4, -0.2) is 29.4 Å². The van der Waals surface area contributed by atoms with Crippen LogP contribution in [0.4, 0.5) is 4.39 Å². The van der Waals surface area contributed by atoms with E-state index in [2.05, 4.69) is 15.9 Å². The van der Waals surface area contributed by atoms with Crippen LogP contribution in [0.5, 0.6) is 5.75 Å². The highest BCUT2D eigenvalue weighted by atomic mass is 79.9. The molecule has 0 unspecified atom stereocenters. The van der Waals surface area contributed by atoms with Gasteiger partial charge < -0.3 is 14.9 Å².